The van der Waals surface area contributed by atoms with Gasteiger partial charge in [-0.05, 0) is 81.2 Å². The Hall–Kier alpha value is -2.80. The second-order valence-electron chi connectivity index (χ2n) is 13.9. The third-order valence-electron chi connectivity index (χ3n) is 10.5. The lowest BCUT2D eigenvalue weighted by Crippen LogP contribution is -2.46. The molecule has 0 aliphatic carbocycles. The number of hydrogen-bond acceptors (Lipinski definition) is 7. The molecule has 2 aromatic rings. The zero-order chi connectivity index (χ0) is 32.8. The maximum absolute atomic E-state index is 14.7. The van der Waals surface area contributed by atoms with Crippen LogP contribution in [0.3, 0.4) is 0 Å². The number of benzene rings is 2. The molecule has 4 heterocycles. The van der Waals surface area contributed by atoms with Gasteiger partial charge >= 0.3 is 0 Å². The normalized spacial score (nSPS) is 29.4. The summed E-state index contributed by atoms with van der Waals surface area (Å²) in [4.78, 5) is 55.9. The lowest BCUT2D eigenvalue weighted by atomic mass is 9.82. The summed E-state index contributed by atoms with van der Waals surface area (Å²) in [5, 5.41) is 16.6. The van der Waals surface area contributed by atoms with Crippen LogP contribution >= 0.6 is 11.6 Å². The van der Waals surface area contributed by atoms with Crippen LogP contribution in [0.4, 0.5) is 11.4 Å². The van der Waals surface area contributed by atoms with Crippen molar-refractivity contribution in [1.82, 2.24) is 10.2 Å². The van der Waals surface area contributed by atoms with Crippen molar-refractivity contribution in [2.24, 2.45) is 11.8 Å². The van der Waals surface area contributed by atoms with E-state index in [1.807, 2.05) is 50.3 Å². The first-order chi connectivity index (χ1) is 21.9. The monoisotopic (exact) mass is 668 g/mol. The number of piperidine rings is 1. The van der Waals surface area contributed by atoms with Crippen molar-refractivity contribution >= 4 is 49.0 Å². The highest BCUT2D eigenvalue weighted by Crippen LogP contribution is 2.60. The number of fused-ring (bicyclic) bond motifs is 2. The SMILES string of the molecule is C[C@H]1[C@H]([Si](C)(C)O)[C@@H](CC(=O)N2CCC[C@H]2CO)O[C@]12C(=O)N(Cc1ccc(NC(=O)C3CCCNC3)cc1)c1ccc(Cl)cc12. The summed E-state index contributed by atoms with van der Waals surface area (Å²) in [6, 6.07) is 12.7. The van der Waals surface area contributed by atoms with Gasteiger partial charge in [0.05, 0.1) is 43.3 Å². The Morgan fingerprint density at radius 1 is 1.15 bits per heavy atom. The number of hydrogen-bond donors (Lipinski definition) is 4. The molecule has 0 radical (unpaired) electrons. The second kappa shape index (κ2) is 13.0. The fourth-order valence-electron chi connectivity index (χ4n) is 8.25. The Bertz CT molecular complexity index is 1480. The molecule has 6 rings (SSSR count). The number of nitrogens with zero attached hydrogens (tertiary/aromatic N) is 2. The summed E-state index contributed by atoms with van der Waals surface area (Å²) in [6.07, 6.45) is 2.78. The summed E-state index contributed by atoms with van der Waals surface area (Å²) >= 11 is 6.52. The molecule has 4 aliphatic rings. The van der Waals surface area contributed by atoms with E-state index in [0.717, 1.165) is 37.8 Å². The van der Waals surface area contributed by atoms with Crippen LogP contribution in [0.1, 0.15) is 50.2 Å². The van der Waals surface area contributed by atoms with Crippen molar-refractivity contribution in [3.8, 4) is 0 Å². The minimum atomic E-state index is -2.96. The minimum absolute atomic E-state index is 0.00403. The third-order valence-corrected chi connectivity index (χ3v) is 13.2. The Morgan fingerprint density at radius 2 is 1.91 bits per heavy atom. The smallest absolute Gasteiger partial charge is 0.264 e. The van der Waals surface area contributed by atoms with Gasteiger partial charge in [0.2, 0.25) is 11.8 Å². The van der Waals surface area contributed by atoms with E-state index in [1.165, 1.54) is 0 Å². The number of carbonyl (C=O) groups excluding carboxylic acids is 3. The van der Waals surface area contributed by atoms with Crippen LogP contribution in [0.2, 0.25) is 23.7 Å². The van der Waals surface area contributed by atoms with E-state index in [2.05, 4.69) is 10.6 Å². The largest absolute Gasteiger partial charge is 0.432 e. The van der Waals surface area contributed by atoms with Crippen LogP contribution in [0.25, 0.3) is 0 Å². The third kappa shape index (κ3) is 6.02. The van der Waals surface area contributed by atoms with Gasteiger partial charge in [-0.15, -0.1) is 0 Å². The van der Waals surface area contributed by atoms with Crippen LogP contribution in [0.15, 0.2) is 42.5 Å². The molecule has 10 nitrogen and oxygen atoms in total. The van der Waals surface area contributed by atoms with E-state index in [1.54, 1.807) is 21.9 Å². The molecule has 2 aromatic carbocycles. The van der Waals surface area contributed by atoms with Crippen LogP contribution < -0.4 is 15.5 Å². The predicted molar refractivity (Wildman–Crippen MR) is 179 cm³/mol. The maximum Gasteiger partial charge on any atom is 0.264 e. The number of aliphatic hydroxyl groups excluding tert-OH is 1. The lowest BCUT2D eigenvalue weighted by molar-refractivity contribution is -0.150. The van der Waals surface area contributed by atoms with Crippen molar-refractivity contribution < 1.29 is 29.0 Å². The van der Waals surface area contributed by atoms with E-state index in [9.17, 15) is 24.3 Å². The highest BCUT2D eigenvalue weighted by atomic mass is 35.5. The van der Waals surface area contributed by atoms with Crippen molar-refractivity contribution in [1.29, 1.82) is 0 Å². The summed E-state index contributed by atoms with van der Waals surface area (Å²) in [6.45, 7) is 7.99. The molecule has 0 bridgehead atoms. The summed E-state index contributed by atoms with van der Waals surface area (Å²) in [5.74, 6) is -0.846. The molecular weight excluding hydrogens is 624 g/mol. The molecule has 3 amide bonds. The van der Waals surface area contributed by atoms with Gasteiger partial charge in [-0.2, -0.15) is 0 Å². The van der Waals surface area contributed by atoms with Gasteiger partial charge in [0, 0.05) is 40.8 Å². The van der Waals surface area contributed by atoms with E-state index in [4.69, 9.17) is 16.3 Å². The van der Waals surface area contributed by atoms with Gasteiger partial charge in [0.1, 0.15) is 0 Å². The van der Waals surface area contributed by atoms with Crippen LogP contribution in [-0.4, -0.2) is 79.2 Å². The Labute approximate surface area is 276 Å². The van der Waals surface area contributed by atoms with Gasteiger partial charge < -0.3 is 35.1 Å². The van der Waals surface area contributed by atoms with Crippen LogP contribution in [0.5, 0.6) is 0 Å². The number of halogens is 1. The van der Waals surface area contributed by atoms with Crippen molar-refractivity contribution in [2.45, 2.75) is 82.0 Å². The fourth-order valence-corrected chi connectivity index (χ4v) is 11.0. The number of likely N-dealkylation sites (tertiary alicyclic amines) is 1. The first-order valence-electron chi connectivity index (χ1n) is 16.5. The van der Waals surface area contributed by atoms with Crippen LogP contribution in [0, 0.1) is 11.8 Å². The van der Waals surface area contributed by atoms with E-state index in [-0.39, 0.29) is 49.3 Å². The lowest BCUT2D eigenvalue weighted by Gasteiger charge is -2.32. The summed E-state index contributed by atoms with van der Waals surface area (Å²) < 4.78 is 6.80. The highest BCUT2D eigenvalue weighted by molar-refractivity contribution is 6.71. The number of nitrogens with one attached hydrogen (secondary N) is 2. The number of amides is 3. The summed E-state index contributed by atoms with van der Waals surface area (Å²) in [5.41, 5.74) is 1.10. The maximum atomic E-state index is 14.7. The number of carbonyl (C=O) groups is 3. The standard InChI is InChI=1S/C34H45ClN4O6Si/c1-21-31(46(2,3)44)29(17-30(41)38-15-5-7-26(38)20-40)45-34(21)27-16-24(35)10-13-28(27)39(33(34)43)19-22-8-11-25(12-9-22)37-32(42)23-6-4-14-36-18-23/h8-13,16,21,23,26,29,31,36,40,44H,4-7,14-15,17-20H2,1-3H3,(H,37,42)/t21-,23?,26-,29+,31-,34+/m0/s1. The van der Waals surface area contributed by atoms with Gasteiger partial charge in [0.25, 0.3) is 5.91 Å². The number of rotatable bonds is 8. The van der Waals surface area contributed by atoms with Gasteiger partial charge in [-0.1, -0.05) is 30.7 Å². The molecule has 0 aromatic heterocycles. The topological polar surface area (TPSA) is 131 Å². The molecular formula is C34H45ClN4O6Si. The first-order valence-corrected chi connectivity index (χ1v) is 19.9. The first kappa shape index (κ1) is 33.1. The number of aliphatic hydroxyl groups is 1. The van der Waals surface area contributed by atoms with Crippen molar-refractivity contribution in [3.63, 3.8) is 0 Å². The molecule has 3 saturated heterocycles. The average molecular weight is 669 g/mol. The minimum Gasteiger partial charge on any atom is -0.432 e. The van der Waals surface area contributed by atoms with Crippen LogP contribution in [-0.2, 0) is 31.3 Å². The molecule has 1 unspecified atom stereocenters. The quantitative estimate of drug-likeness (QED) is 0.313. The molecule has 3 fully saturated rings. The Morgan fingerprint density at radius 3 is 2.59 bits per heavy atom. The van der Waals surface area contributed by atoms with Gasteiger partial charge in [-0.25, -0.2) is 0 Å². The molecule has 4 aliphatic heterocycles. The van der Waals surface area contributed by atoms with E-state index < -0.39 is 31.5 Å². The average Bonchev–Trinajstić information content (AvgIpc) is 3.69. The van der Waals surface area contributed by atoms with Crippen molar-refractivity contribution in [2.75, 3.05) is 36.5 Å². The number of ether oxygens (including phenoxy) is 1. The summed E-state index contributed by atoms with van der Waals surface area (Å²) in [7, 11) is -2.96. The zero-order valence-corrected chi connectivity index (χ0v) is 28.6. The van der Waals surface area contributed by atoms with E-state index >= 15 is 0 Å². The van der Waals surface area contributed by atoms with Gasteiger partial charge in [0.15, 0.2) is 13.9 Å². The van der Waals surface area contributed by atoms with E-state index in [0.29, 0.717) is 35.1 Å². The molecule has 6 atom stereocenters. The molecule has 0 saturated carbocycles. The van der Waals surface area contributed by atoms with Crippen molar-refractivity contribution in [3.05, 3.63) is 58.6 Å². The molecule has 248 valence electrons. The highest BCUT2D eigenvalue weighted by Gasteiger charge is 2.66. The fraction of sp³-hybridized carbons (Fsp3) is 0.559. The zero-order valence-electron chi connectivity index (χ0n) is 26.8. The van der Waals surface area contributed by atoms with Gasteiger partial charge in [-0.3, -0.25) is 14.4 Å². The molecule has 46 heavy (non-hydrogen) atoms. The molecule has 4 N–H and O–H groups in total. The molecule has 12 heteroatoms. The predicted octanol–water partition coefficient (Wildman–Crippen LogP) is 4.00. The number of anilines is 2. The second-order valence-corrected chi connectivity index (χ2v) is 18.3. The Balaban J connectivity index is 1.26. The Kier molecular flexibility index (Phi) is 9.36. The molecule has 1 spiro atoms.